The fraction of sp³-hybridized carbons (Fsp3) is 0.627. The molecular weight excluding hydrogens is 907 g/mol. The van der Waals surface area contributed by atoms with Gasteiger partial charge in [-0.2, -0.15) is 23.5 Å². The lowest BCUT2D eigenvalue weighted by Gasteiger charge is -2.37. The summed E-state index contributed by atoms with van der Waals surface area (Å²) in [7, 11) is 3.05. The summed E-state index contributed by atoms with van der Waals surface area (Å²) < 4.78 is 10.5. The maximum Gasteiger partial charge on any atom is 0.306 e. The Bertz CT molecular complexity index is 1710. The molecule has 17 heteroatoms. The Morgan fingerprint density at radius 1 is 0.735 bits per heavy atom. The zero-order valence-electron chi connectivity index (χ0n) is 42.8. The number of aliphatic carboxylic acids is 2. The molecule has 0 saturated heterocycles. The van der Waals surface area contributed by atoms with Crippen LogP contribution in [-0.2, 0) is 38.2 Å². The minimum absolute atomic E-state index is 0.0113. The van der Waals surface area contributed by atoms with E-state index in [0.29, 0.717) is 55.5 Å². The van der Waals surface area contributed by atoms with E-state index in [1.807, 2.05) is 13.8 Å². The average Bonchev–Trinajstić information content (AvgIpc) is 3.32. The lowest BCUT2D eigenvalue weighted by atomic mass is 9.69. The summed E-state index contributed by atoms with van der Waals surface area (Å²) in [6, 6.07) is 21.3. The highest BCUT2D eigenvalue weighted by atomic mass is 32.2. The molecule has 2 aromatic carbocycles. The average molecular weight is 992 g/mol. The highest BCUT2D eigenvalue weighted by Crippen LogP contribution is 2.41. The van der Waals surface area contributed by atoms with E-state index >= 15 is 0 Å². The summed E-state index contributed by atoms with van der Waals surface area (Å²) in [5.41, 5.74) is 12.1. The van der Waals surface area contributed by atoms with Gasteiger partial charge in [0.05, 0.1) is 37.0 Å². The number of benzene rings is 2. The molecule has 68 heavy (non-hydrogen) atoms. The predicted octanol–water partition coefficient (Wildman–Crippen LogP) is 7.81. The SMILES string of the molecule is CCC(C)c1ccccc1.CCC(C)c1ccccc1.CCOCCSCC(=NCC(CCC(=O)O)C(N)=O)C(=O)NC.CCOCCSCC(C)(CC(C)(CC(C)C(=O)O)C(N)=O)C(=O)NC. The number of thioether (sulfide) groups is 2. The quantitative estimate of drug-likeness (QED) is 0.0324. The summed E-state index contributed by atoms with van der Waals surface area (Å²) in [5.74, 6) is -1.37. The molecule has 6 unspecified atom stereocenters. The van der Waals surface area contributed by atoms with E-state index in [1.54, 1.807) is 32.7 Å². The number of amides is 4. The molecule has 0 aliphatic rings. The van der Waals surface area contributed by atoms with Crippen molar-refractivity contribution in [2.75, 3.05) is 70.1 Å². The molecule has 0 aromatic heterocycles. The second-order valence-corrected chi connectivity index (χ2v) is 19.2. The zero-order valence-corrected chi connectivity index (χ0v) is 44.4. The minimum Gasteiger partial charge on any atom is -0.481 e. The van der Waals surface area contributed by atoms with Gasteiger partial charge in [-0.05, 0) is 75.8 Å². The van der Waals surface area contributed by atoms with Crippen molar-refractivity contribution in [1.82, 2.24) is 10.6 Å². The summed E-state index contributed by atoms with van der Waals surface area (Å²) in [4.78, 5) is 73.5. The normalized spacial score (nSPS) is 14.4. The molecule has 6 atom stereocenters. The number of primary amides is 2. The van der Waals surface area contributed by atoms with Crippen LogP contribution >= 0.6 is 23.5 Å². The number of carbonyl (C=O) groups excluding carboxylic acids is 4. The van der Waals surface area contributed by atoms with E-state index in [2.05, 4.69) is 104 Å². The van der Waals surface area contributed by atoms with Gasteiger partial charge in [0.1, 0.15) is 5.71 Å². The lowest BCUT2D eigenvalue weighted by Crippen LogP contribution is -2.47. The molecule has 386 valence electrons. The molecule has 4 amide bonds. The molecule has 0 spiro atoms. The van der Waals surface area contributed by atoms with Crippen LogP contribution in [0.15, 0.2) is 65.7 Å². The van der Waals surface area contributed by atoms with Crippen molar-refractivity contribution >= 4 is 64.8 Å². The first kappa shape index (κ1) is 65.6. The number of rotatable bonds is 30. The number of hydrogen-bond acceptors (Lipinski definition) is 11. The molecule has 15 nitrogen and oxygen atoms in total. The Labute approximate surface area is 415 Å². The fourth-order valence-corrected chi connectivity index (χ4v) is 8.44. The van der Waals surface area contributed by atoms with E-state index in [-0.39, 0.29) is 44.0 Å². The molecule has 0 radical (unpaired) electrons. The molecule has 0 heterocycles. The van der Waals surface area contributed by atoms with Crippen molar-refractivity contribution in [2.24, 2.45) is 39.1 Å². The third-order valence-corrected chi connectivity index (χ3v) is 13.4. The predicted molar refractivity (Wildman–Crippen MR) is 279 cm³/mol. The highest BCUT2D eigenvalue weighted by Gasteiger charge is 2.44. The van der Waals surface area contributed by atoms with Gasteiger partial charge in [-0.25, -0.2) is 0 Å². The number of carbonyl (C=O) groups is 6. The Hall–Kier alpha value is -4.45. The zero-order chi connectivity index (χ0) is 52.1. The van der Waals surface area contributed by atoms with Gasteiger partial charge in [0, 0.05) is 62.2 Å². The van der Waals surface area contributed by atoms with Crippen molar-refractivity contribution in [3.8, 4) is 0 Å². The number of carboxylic acids is 2. The molecule has 0 bridgehead atoms. The number of nitrogens with two attached hydrogens (primary N) is 2. The number of carboxylic acid groups (broad SMARTS) is 2. The third-order valence-electron chi connectivity index (χ3n) is 11.2. The topological polar surface area (TPSA) is 250 Å². The lowest BCUT2D eigenvalue weighted by molar-refractivity contribution is -0.144. The first-order chi connectivity index (χ1) is 32.1. The van der Waals surface area contributed by atoms with E-state index in [0.717, 1.165) is 11.5 Å². The molecule has 2 rings (SSSR count). The van der Waals surface area contributed by atoms with Crippen LogP contribution in [0, 0.1) is 22.7 Å². The number of nitrogens with one attached hydrogen (secondary N) is 2. The van der Waals surface area contributed by atoms with Crippen LogP contribution in [0.3, 0.4) is 0 Å². The van der Waals surface area contributed by atoms with Crippen LogP contribution in [0.25, 0.3) is 0 Å². The molecule has 8 N–H and O–H groups in total. The van der Waals surface area contributed by atoms with E-state index in [9.17, 15) is 28.8 Å². The largest absolute Gasteiger partial charge is 0.481 e. The number of aliphatic imine (C=N–C) groups is 1. The minimum atomic E-state index is -1.08. The Morgan fingerprint density at radius 2 is 1.22 bits per heavy atom. The van der Waals surface area contributed by atoms with Crippen LogP contribution in [0.4, 0.5) is 0 Å². The molecule has 2 aromatic rings. The van der Waals surface area contributed by atoms with Gasteiger partial charge < -0.3 is 41.8 Å². The summed E-state index contributed by atoms with van der Waals surface area (Å²) in [6.07, 6.45) is 2.67. The van der Waals surface area contributed by atoms with Gasteiger partial charge in [0.15, 0.2) is 0 Å². The molecule has 0 saturated carbocycles. The van der Waals surface area contributed by atoms with E-state index < -0.39 is 46.4 Å². The maximum absolute atomic E-state index is 12.4. The molecule has 0 aliphatic carbocycles. The summed E-state index contributed by atoms with van der Waals surface area (Å²) in [5, 5.41) is 23.0. The van der Waals surface area contributed by atoms with Crippen LogP contribution in [0.1, 0.15) is 124 Å². The molecular formula is C51H85N5O10S2. The first-order valence-corrected chi connectivity index (χ1v) is 25.9. The number of ether oxygens (including phenoxy) is 2. The smallest absolute Gasteiger partial charge is 0.306 e. The summed E-state index contributed by atoms with van der Waals surface area (Å²) >= 11 is 3.06. The van der Waals surface area contributed by atoms with Gasteiger partial charge >= 0.3 is 11.9 Å². The van der Waals surface area contributed by atoms with Gasteiger partial charge in [-0.3, -0.25) is 33.8 Å². The Morgan fingerprint density at radius 3 is 1.60 bits per heavy atom. The third kappa shape index (κ3) is 29.4. The van der Waals surface area contributed by atoms with E-state index in [1.165, 1.54) is 49.7 Å². The maximum atomic E-state index is 12.4. The van der Waals surface area contributed by atoms with Gasteiger partial charge in [0.25, 0.3) is 5.91 Å². The standard InChI is InChI=1S/C17H32N2O5S.C14H25N3O5S.2C10H14/c1-6-24-7-8-25-11-17(4,15(23)19-5)10-16(3,14(18)22)9-12(2)13(20)21;1-3-22-6-7-23-9-11(14(21)16-2)17-8-10(13(15)20)4-5-12(18)19;2*1-3-9(2)10-7-5-4-6-8-10/h12H,6-11H2,1-5H3,(H2,18,22)(H,19,23)(H,20,21);10H,3-9H2,1-2H3,(H2,15,20)(H,16,21)(H,18,19);2*4-9H,3H2,1-2H3. The van der Waals surface area contributed by atoms with Crippen molar-refractivity contribution < 1.29 is 48.5 Å². The van der Waals surface area contributed by atoms with Crippen molar-refractivity contribution in [3.63, 3.8) is 0 Å². The van der Waals surface area contributed by atoms with Crippen molar-refractivity contribution in [3.05, 3.63) is 71.8 Å². The number of hydrogen-bond donors (Lipinski definition) is 6. The second-order valence-electron chi connectivity index (χ2n) is 17.0. The Kier molecular flexibility index (Phi) is 37.1. The first-order valence-electron chi connectivity index (χ1n) is 23.5. The monoisotopic (exact) mass is 992 g/mol. The van der Waals surface area contributed by atoms with Crippen LogP contribution < -0.4 is 22.1 Å². The van der Waals surface area contributed by atoms with Crippen LogP contribution in [-0.4, -0.2) is 122 Å². The molecule has 0 fully saturated rings. The van der Waals surface area contributed by atoms with Gasteiger partial charge in [-0.15, -0.1) is 0 Å². The van der Waals surface area contributed by atoms with E-state index in [4.69, 9.17) is 31.2 Å². The highest BCUT2D eigenvalue weighted by molar-refractivity contribution is 8.00. The summed E-state index contributed by atoms with van der Waals surface area (Å²) in [6.45, 7) is 20.2. The van der Waals surface area contributed by atoms with Gasteiger partial charge in [0.2, 0.25) is 17.7 Å². The van der Waals surface area contributed by atoms with Crippen LogP contribution in [0.2, 0.25) is 0 Å². The van der Waals surface area contributed by atoms with Crippen LogP contribution in [0.5, 0.6) is 0 Å². The second kappa shape index (κ2) is 38.4. The fourth-order valence-electron chi connectivity index (χ4n) is 6.58. The van der Waals surface area contributed by atoms with Crippen molar-refractivity contribution in [2.45, 2.75) is 113 Å². The van der Waals surface area contributed by atoms with Crippen molar-refractivity contribution in [1.29, 1.82) is 0 Å². The van der Waals surface area contributed by atoms with Gasteiger partial charge in [-0.1, -0.05) is 102 Å². The molecule has 0 aliphatic heterocycles. The Balaban J connectivity index is 0. The number of nitrogens with zero attached hydrogens (tertiary/aromatic N) is 1.